The van der Waals surface area contributed by atoms with Crippen molar-refractivity contribution in [2.24, 2.45) is 0 Å². The van der Waals surface area contributed by atoms with Gasteiger partial charge in [-0.3, -0.25) is 0 Å². The lowest BCUT2D eigenvalue weighted by Gasteiger charge is -2.17. The van der Waals surface area contributed by atoms with Crippen LogP contribution in [-0.4, -0.2) is 36.6 Å². The Morgan fingerprint density at radius 1 is 0.912 bits per heavy atom. The van der Waals surface area contributed by atoms with Gasteiger partial charge in [-0.2, -0.15) is 0 Å². The van der Waals surface area contributed by atoms with E-state index in [-0.39, 0.29) is 0 Å². The molecule has 0 aliphatic heterocycles. The standard InChI is InChI=1S/C27H27ClO5S/c1-3-31-24-11-7-5-9-21(24)20(22-10-6-8-12-25(22)32-4-2)15-16-34-26-14-13-19(17-23(26)28)33-18-27(29)30/h5-15,17H,3-4,16,18H2,1-2H3,(H,29,30). The first kappa shape index (κ1) is 25.5. The van der Waals surface area contributed by atoms with Crippen LogP contribution in [0, 0.1) is 0 Å². The van der Waals surface area contributed by atoms with Gasteiger partial charge in [-0.15, -0.1) is 11.8 Å². The zero-order valence-electron chi connectivity index (χ0n) is 19.1. The predicted octanol–water partition coefficient (Wildman–Crippen LogP) is 6.82. The van der Waals surface area contributed by atoms with Crippen LogP contribution in [0.25, 0.3) is 5.57 Å². The van der Waals surface area contributed by atoms with Gasteiger partial charge in [0.1, 0.15) is 17.2 Å². The molecule has 1 N–H and O–H groups in total. The molecule has 0 heterocycles. The van der Waals surface area contributed by atoms with Crippen molar-refractivity contribution < 1.29 is 24.1 Å². The second-order valence-electron chi connectivity index (χ2n) is 7.06. The number of thioether (sulfide) groups is 1. The summed E-state index contributed by atoms with van der Waals surface area (Å²) in [6.07, 6.45) is 2.14. The third kappa shape index (κ3) is 6.95. The number of rotatable bonds is 12. The molecule has 0 saturated carbocycles. The highest BCUT2D eigenvalue weighted by Crippen LogP contribution is 2.37. The number of benzene rings is 3. The minimum Gasteiger partial charge on any atom is -0.493 e. The van der Waals surface area contributed by atoms with Gasteiger partial charge in [-0.05, 0) is 49.8 Å². The fourth-order valence-corrected chi connectivity index (χ4v) is 4.48. The SMILES string of the molecule is CCOc1ccccc1C(=CCSc1ccc(OCC(=O)O)cc1Cl)c1ccccc1OCC. The fraction of sp³-hybridized carbons (Fsp3) is 0.222. The van der Waals surface area contributed by atoms with E-state index in [1.807, 2.05) is 68.4 Å². The van der Waals surface area contributed by atoms with E-state index < -0.39 is 12.6 Å². The van der Waals surface area contributed by atoms with Crippen LogP contribution in [0.2, 0.25) is 5.02 Å². The molecule has 7 heteroatoms. The van der Waals surface area contributed by atoms with Crippen molar-refractivity contribution in [2.75, 3.05) is 25.6 Å². The number of carbonyl (C=O) groups is 1. The molecule has 0 aliphatic carbocycles. The van der Waals surface area contributed by atoms with Gasteiger partial charge in [0.05, 0.1) is 18.2 Å². The van der Waals surface area contributed by atoms with Gasteiger partial charge < -0.3 is 19.3 Å². The molecule has 178 valence electrons. The Labute approximate surface area is 209 Å². The normalized spacial score (nSPS) is 10.4. The summed E-state index contributed by atoms with van der Waals surface area (Å²) < 4.78 is 17.0. The highest BCUT2D eigenvalue weighted by molar-refractivity contribution is 7.99. The highest BCUT2D eigenvalue weighted by atomic mass is 35.5. The Kier molecular flexibility index (Phi) is 9.74. The summed E-state index contributed by atoms with van der Waals surface area (Å²) in [6, 6.07) is 21.1. The minimum atomic E-state index is -1.04. The van der Waals surface area contributed by atoms with Crippen LogP contribution in [0.4, 0.5) is 0 Å². The van der Waals surface area contributed by atoms with E-state index in [2.05, 4.69) is 6.08 Å². The Morgan fingerprint density at radius 3 is 2.03 bits per heavy atom. The van der Waals surface area contributed by atoms with Crippen molar-refractivity contribution in [1.82, 2.24) is 0 Å². The third-order valence-corrected chi connectivity index (χ3v) is 6.17. The molecule has 0 atom stereocenters. The number of carboxylic acid groups (broad SMARTS) is 1. The van der Waals surface area contributed by atoms with E-state index in [1.54, 1.807) is 23.9 Å². The molecule has 34 heavy (non-hydrogen) atoms. The quantitative estimate of drug-likeness (QED) is 0.276. The third-order valence-electron chi connectivity index (χ3n) is 4.75. The predicted molar refractivity (Wildman–Crippen MR) is 138 cm³/mol. The van der Waals surface area contributed by atoms with E-state index in [0.29, 0.717) is 29.7 Å². The molecular weight excluding hydrogens is 472 g/mol. The molecule has 3 aromatic carbocycles. The van der Waals surface area contributed by atoms with Crippen LogP contribution in [0.5, 0.6) is 17.2 Å². The van der Waals surface area contributed by atoms with Gasteiger partial charge in [0.2, 0.25) is 0 Å². The van der Waals surface area contributed by atoms with E-state index in [4.69, 9.17) is 30.9 Å². The topological polar surface area (TPSA) is 65.0 Å². The number of para-hydroxylation sites is 2. The fourth-order valence-electron chi connectivity index (χ4n) is 3.35. The summed E-state index contributed by atoms with van der Waals surface area (Å²) in [5.74, 6) is 1.65. The number of carboxylic acids is 1. The molecule has 5 nitrogen and oxygen atoms in total. The molecule has 0 aromatic heterocycles. The average Bonchev–Trinajstić information content (AvgIpc) is 2.83. The molecule has 0 unspecified atom stereocenters. The van der Waals surface area contributed by atoms with Gasteiger partial charge in [0, 0.05) is 21.8 Å². The number of ether oxygens (including phenoxy) is 3. The lowest BCUT2D eigenvalue weighted by atomic mass is 9.96. The monoisotopic (exact) mass is 498 g/mol. The van der Waals surface area contributed by atoms with Gasteiger partial charge in [0.25, 0.3) is 0 Å². The smallest absolute Gasteiger partial charge is 0.341 e. The number of aliphatic carboxylic acids is 1. The Bertz CT molecular complexity index is 1090. The van der Waals surface area contributed by atoms with Crippen LogP contribution >= 0.6 is 23.4 Å². The molecule has 0 fully saturated rings. The summed E-state index contributed by atoms with van der Waals surface area (Å²) in [5.41, 5.74) is 2.99. The van der Waals surface area contributed by atoms with E-state index in [0.717, 1.165) is 33.1 Å². The van der Waals surface area contributed by atoms with Gasteiger partial charge in [-0.25, -0.2) is 4.79 Å². The van der Waals surface area contributed by atoms with Crippen molar-refractivity contribution in [3.05, 3.63) is 89.0 Å². The molecule has 3 rings (SSSR count). The Balaban J connectivity index is 1.91. The molecule has 0 aliphatic rings. The number of hydrogen-bond donors (Lipinski definition) is 1. The van der Waals surface area contributed by atoms with Crippen LogP contribution in [0.15, 0.2) is 77.7 Å². The lowest BCUT2D eigenvalue weighted by molar-refractivity contribution is -0.139. The average molecular weight is 499 g/mol. The Hall–Kier alpha value is -3.09. The number of halogens is 1. The van der Waals surface area contributed by atoms with Crippen molar-refractivity contribution in [3.63, 3.8) is 0 Å². The molecule has 0 saturated heterocycles. The van der Waals surface area contributed by atoms with Crippen LogP contribution in [0.1, 0.15) is 25.0 Å². The molecule has 0 bridgehead atoms. The first-order chi connectivity index (χ1) is 16.5. The second kappa shape index (κ2) is 13.0. The summed E-state index contributed by atoms with van der Waals surface area (Å²) in [6.45, 7) is 4.66. The first-order valence-corrected chi connectivity index (χ1v) is 12.3. The maximum Gasteiger partial charge on any atom is 0.341 e. The van der Waals surface area contributed by atoms with Crippen LogP contribution in [-0.2, 0) is 4.79 Å². The summed E-state index contributed by atoms with van der Waals surface area (Å²) in [7, 11) is 0. The molecule has 0 radical (unpaired) electrons. The Morgan fingerprint density at radius 2 is 1.50 bits per heavy atom. The zero-order valence-corrected chi connectivity index (χ0v) is 20.7. The maximum absolute atomic E-state index is 10.7. The highest BCUT2D eigenvalue weighted by Gasteiger charge is 2.15. The van der Waals surface area contributed by atoms with Crippen molar-refractivity contribution >= 4 is 34.9 Å². The van der Waals surface area contributed by atoms with Gasteiger partial charge in [-0.1, -0.05) is 54.1 Å². The van der Waals surface area contributed by atoms with Crippen molar-refractivity contribution in [1.29, 1.82) is 0 Å². The van der Waals surface area contributed by atoms with E-state index >= 15 is 0 Å². The number of hydrogen-bond acceptors (Lipinski definition) is 5. The summed E-state index contributed by atoms with van der Waals surface area (Å²) in [4.78, 5) is 11.6. The molecule has 0 amide bonds. The van der Waals surface area contributed by atoms with Crippen molar-refractivity contribution in [2.45, 2.75) is 18.7 Å². The van der Waals surface area contributed by atoms with Gasteiger partial charge >= 0.3 is 5.97 Å². The second-order valence-corrected chi connectivity index (χ2v) is 8.53. The van der Waals surface area contributed by atoms with Crippen LogP contribution < -0.4 is 14.2 Å². The van der Waals surface area contributed by atoms with E-state index in [1.165, 1.54) is 0 Å². The van der Waals surface area contributed by atoms with E-state index in [9.17, 15) is 4.79 Å². The first-order valence-electron chi connectivity index (χ1n) is 10.9. The summed E-state index contributed by atoms with van der Waals surface area (Å²) >= 11 is 7.99. The van der Waals surface area contributed by atoms with Crippen LogP contribution in [0.3, 0.4) is 0 Å². The summed E-state index contributed by atoms with van der Waals surface area (Å²) in [5, 5.41) is 9.28. The van der Waals surface area contributed by atoms with Crippen molar-refractivity contribution in [3.8, 4) is 17.2 Å². The largest absolute Gasteiger partial charge is 0.493 e. The molecule has 0 spiro atoms. The minimum absolute atomic E-state index is 0.409. The molecule has 3 aromatic rings. The maximum atomic E-state index is 10.7. The zero-order chi connectivity index (χ0) is 24.3. The molecular formula is C27H27ClO5S. The lowest BCUT2D eigenvalue weighted by Crippen LogP contribution is -2.09. The van der Waals surface area contributed by atoms with Gasteiger partial charge in [0.15, 0.2) is 6.61 Å².